The van der Waals surface area contributed by atoms with E-state index in [-0.39, 0.29) is 6.04 Å². The monoisotopic (exact) mass is 309 g/mol. The predicted octanol–water partition coefficient (Wildman–Crippen LogP) is 2.06. The first kappa shape index (κ1) is 18.1. The first-order valence-electron chi connectivity index (χ1n) is 7.02. The van der Waals surface area contributed by atoms with Crippen LogP contribution in [0.4, 0.5) is 0 Å². The standard InChI is InChI=1S/C16H23NO5/c1-12(17(4)11-18)15(13-8-6-5-7-9-13)22-16(2,3)21-10-14(19)20/h5-9,11-12,15H,10H2,1-4H3,(H,19,20)/t12-,15-/m1/s1. The summed E-state index contributed by atoms with van der Waals surface area (Å²) in [5.74, 6) is -2.16. The summed E-state index contributed by atoms with van der Waals surface area (Å²) in [6.45, 7) is 4.71. The molecule has 122 valence electrons. The maximum Gasteiger partial charge on any atom is 0.329 e. The summed E-state index contributed by atoms with van der Waals surface area (Å²) >= 11 is 0. The van der Waals surface area contributed by atoms with Crippen molar-refractivity contribution in [3.63, 3.8) is 0 Å². The Balaban J connectivity index is 2.95. The summed E-state index contributed by atoms with van der Waals surface area (Å²) in [5, 5.41) is 8.73. The molecule has 6 nitrogen and oxygen atoms in total. The largest absolute Gasteiger partial charge is 0.480 e. The maximum atomic E-state index is 11.0. The van der Waals surface area contributed by atoms with E-state index in [1.165, 1.54) is 4.90 Å². The number of nitrogens with zero attached hydrogens (tertiary/aromatic N) is 1. The summed E-state index contributed by atoms with van der Waals surface area (Å²) in [7, 11) is 1.67. The molecule has 0 bridgehead atoms. The van der Waals surface area contributed by atoms with Gasteiger partial charge in [0.15, 0.2) is 5.79 Å². The van der Waals surface area contributed by atoms with Gasteiger partial charge in [-0.05, 0) is 26.3 Å². The lowest BCUT2D eigenvalue weighted by Gasteiger charge is -2.36. The van der Waals surface area contributed by atoms with Crippen LogP contribution in [0.2, 0.25) is 0 Å². The minimum atomic E-state index is -1.10. The van der Waals surface area contributed by atoms with Gasteiger partial charge in [-0.15, -0.1) is 0 Å². The molecule has 0 aliphatic rings. The van der Waals surface area contributed by atoms with Crippen LogP contribution in [0.25, 0.3) is 0 Å². The predicted molar refractivity (Wildman–Crippen MR) is 81.2 cm³/mol. The molecule has 0 saturated heterocycles. The average Bonchev–Trinajstić information content (AvgIpc) is 2.50. The van der Waals surface area contributed by atoms with Crippen LogP contribution in [0.5, 0.6) is 0 Å². The molecule has 1 aromatic rings. The van der Waals surface area contributed by atoms with E-state index in [1.807, 2.05) is 37.3 Å². The number of carboxylic acids is 1. The lowest BCUT2D eigenvalue weighted by atomic mass is 10.0. The van der Waals surface area contributed by atoms with Crippen molar-refractivity contribution in [2.45, 2.75) is 38.7 Å². The highest BCUT2D eigenvalue weighted by molar-refractivity contribution is 5.68. The summed E-state index contributed by atoms with van der Waals surface area (Å²) in [4.78, 5) is 23.2. The second-order valence-corrected chi connectivity index (χ2v) is 5.54. The molecule has 0 spiro atoms. The molecule has 1 aromatic carbocycles. The third kappa shape index (κ3) is 5.46. The Morgan fingerprint density at radius 3 is 2.45 bits per heavy atom. The van der Waals surface area contributed by atoms with Crippen LogP contribution in [0, 0.1) is 0 Å². The Kier molecular flexibility index (Phi) is 6.52. The molecule has 0 fully saturated rings. The van der Waals surface area contributed by atoms with Crippen LogP contribution in [0.15, 0.2) is 30.3 Å². The second-order valence-electron chi connectivity index (χ2n) is 5.54. The van der Waals surface area contributed by atoms with Crippen molar-refractivity contribution in [1.82, 2.24) is 4.90 Å². The fraction of sp³-hybridized carbons (Fsp3) is 0.500. The lowest BCUT2D eigenvalue weighted by molar-refractivity contribution is -0.248. The van der Waals surface area contributed by atoms with E-state index in [0.717, 1.165) is 12.0 Å². The van der Waals surface area contributed by atoms with Gasteiger partial charge in [0.25, 0.3) is 0 Å². The number of carbonyl (C=O) groups excluding carboxylic acids is 1. The number of amides is 1. The van der Waals surface area contributed by atoms with Gasteiger partial charge >= 0.3 is 5.97 Å². The van der Waals surface area contributed by atoms with Gasteiger partial charge in [0.05, 0.1) is 6.04 Å². The first-order valence-corrected chi connectivity index (χ1v) is 7.02. The Morgan fingerprint density at radius 2 is 1.95 bits per heavy atom. The van der Waals surface area contributed by atoms with E-state index < -0.39 is 24.5 Å². The SMILES string of the molecule is C[C@H]([C@@H](OC(C)(C)OCC(=O)O)c1ccccc1)N(C)C=O. The van der Waals surface area contributed by atoms with E-state index in [9.17, 15) is 9.59 Å². The number of ether oxygens (including phenoxy) is 2. The van der Waals surface area contributed by atoms with Crippen molar-refractivity contribution < 1.29 is 24.2 Å². The van der Waals surface area contributed by atoms with E-state index >= 15 is 0 Å². The number of likely N-dealkylation sites (N-methyl/N-ethyl adjacent to an activating group) is 1. The summed E-state index contributed by atoms with van der Waals surface area (Å²) in [6.07, 6.45) is 0.287. The van der Waals surface area contributed by atoms with Crippen molar-refractivity contribution >= 4 is 12.4 Å². The lowest BCUT2D eigenvalue weighted by Crippen LogP contribution is -2.40. The minimum absolute atomic E-state index is 0.243. The van der Waals surface area contributed by atoms with Crippen molar-refractivity contribution in [3.8, 4) is 0 Å². The topological polar surface area (TPSA) is 76.1 Å². The van der Waals surface area contributed by atoms with Gasteiger partial charge in [-0.2, -0.15) is 0 Å². The molecule has 6 heteroatoms. The van der Waals surface area contributed by atoms with Crippen molar-refractivity contribution in [3.05, 3.63) is 35.9 Å². The highest BCUT2D eigenvalue weighted by atomic mass is 16.7. The van der Waals surface area contributed by atoms with Crippen LogP contribution < -0.4 is 0 Å². The average molecular weight is 309 g/mol. The van der Waals surface area contributed by atoms with Crippen LogP contribution in [-0.2, 0) is 19.1 Å². The van der Waals surface area contributed by atoms with Gasteiger partial charge in [0.2, 0.25) is 6.41 Å². The molecule has 22 heavy (non-hydrogen) atoms. The molecule has 2 atom stereocenters. The zero-order chi connectivity index (χ0) is 16.8. The molecule has 1 N–H and O–H groups in total. The third-order valence-electron chi connectivity index (χ3n) is 3.33. The molecule has 0 heterocycles. The van der Waals surface area contributed by atoms with Crippen molar-refractivity contribution in [2.75, 3.05) is 13.7 Å². The number of rotatable bonds is 9. The molecule has 0 radical (unpaired) electrons. The van der Waals surface area contributed by atoms with Crippen molar-refractivity contribution in [2.24, 2.45) is 0 Å². The van der Waals surface area contributed by atoms with Gasteiger partial charge < -0.3 is 19.5 Å². The van der Waals surface area contributed by atoms with Crippen LogP contribution in [0.1, 0.15) is 32.4 Å². The number of carbonyl (C=O) groups is 2. The van der Waals surface area contributed by atoms with Gasteiger partial charge in [-0.3, -0.25) is 4.79 Å². The van der Waals surface area contributed by atoms with Crippen molar-refractivity contribution in [1.29, 1.82) is 0 Å². The van der Waals surface area contributed by atoms with Gasteiger partial charge in [0.1, 0.15) is 12.7 Å². The number of hydrogen-bond acceptors (Lipinski definition) is 4. The number of hydrogen-bond donors (Lipinski definition) is 1. The van der Waals surface area contributed by atoms with Crippen LogP contribution in [-0.4, -0.2) is 47.9 Å². The van der Waals surface area contributed by atoms with Crippen LogP contribution >= 0.6 is 0 Å². The number of benzene rings is 1. The molecule has 0 aromatic heterocycles. The molecular weight excluding hydrogens is 286 g/mol. The molecule has 0 unspecified atom stereocenters. The van der Waals surface area contributed by atoms with Gasteiger partial charge in [-0.25, -0.2) is 4.79 Å². The zero-order valence-corrected chi connectivity index (χ0v) is 13.4. The van der Waals surface area contributed by atoms with E-state index in [4.69, 9.17) is 14.6 Å². The molecule has 0 saturated carbocycles. The first-order chi connectivity index (χ1) is 10.3. The summed E-state index contributed by atoms with van der Waals surface area (Å²) < 4.78 is 11.3. The second kappa shape index (κ2) is 7.91. The highest BCUT2D eigenvalue weighted by Gasteiger charge is 2.31. The number of carboxylic acid groups (broad SMARTS) is 1. The van der Waals surface area contributed by atoms with E-state index in [2.05, 4.69) is 0 Å². The smallest absolute Gasteiger partial charge is 0.329 e. The third-order valence-corrected chi connectivity index (χ3v) is 3.33. The fourth-order valence-electron chi connectivity index (χ4n) is 1.97. The maximum absolute atomic E-state index is 11.0. The normalized spacial score (nSPS) is 14.2. The van der Waals surface area contributed by atoms with Gasteiger partial charge in [0, 0.05) is 7.05 Å². The molecule has 1 amide bonds. The molecular formula is C16H23NO5. The Hall–Kier alpha value is -1.92. The molecule has 0 aliphatic carbocycles. The van der Waals surface area contributed by atoms with Gasteiger partial charge in [-0.1, -0.05) is 30.3 Å². The minimum Gasteiger partial charge on any atom is -0.480 e. The summed E-state index contributed by atoms with van der Waals surface area (Å²) in [6, 6.07) is 9.20. The van der Waals surface area contributed by atoms with E-state index in [1.54, 1.807) is 20.9 Å². The highest BCUT2D eigenvalue weighted by Crippen LogP contribution is 2.29. The molecule has 0 aliphatic heterocycles. The zero-order valence-electron chi connectivity index (χ0n) is 13.4. The summed E-state index contributed by atoms with van der Waals surface area (Å²) in [5.41, 5.74) is 0.885. The fourth-order valence-corrected chi connectivity index (χ4v) is 1.97. The Bertz CT molecular complexity index is 489. The quantitative estimate of drug-likeness (QED) is 0.558. The number of aliphatic carboxylic acids is 1. The van der Waals surface area contributed by atoms with E-state index in [0.29, 0.717) is 0 Å². The Morgan fingerprint density at radius 1 is 1.36 bits per heavy atom. The molecule has 1 rings (SSSR count). The Labute approximate surface area is 130 Å². The van der Waals surface area contributed by atoms with Crippen LogP contribution in [0.3, 0.4) is 0 Å².